The standard InChI is InChI=1S/C21H24FN5O/c1-13-16(12-19(28)24-18-11-7-6-10-17(18)22)14(2)27-21(23-13)25-20(26-27)15-8-4-3-5-9-15/h6-7,10-11,15H,3-5,8-9,12H2,1-2H3,(H,24,28). The molecule has 0 atom stereocenters. The molecule has 1 saturated carbocycles. The van der Waals surface area contributed by atoms with Crippen molar-refractivity contribution in [2.45, 2.75) is 58.3 Å². The first-order valence-electron chi connectivity index (χ1n) is 9.80. The van der Waals surface area contributed by atoms with Crippen molar-refractivity contribution in [3.8, 4) is 0 Å². The molecule has 7 heteroatoms. The van der Waals surface area contributed by atoms with Crippen LogP contribution >= 0.6 is 0 Å². The normalized spacial score (nSPS) is 15.1. The van der Waals surface area contributed by atoms with Gasteiger partial charge in [-0.15, -0.1) is 5.10 Å². The quantitative estimate of drug-likeness (QED) is 0.738. The number of aromatic nitrogens is 4. The number of halogens is 1. The molecular weight excluding hydrogens is 357 g/mol. The van der Waals surface area contributed by atoms with Gasteiger partial charge in [0.15, 0.2) is 5.82 Å². The fourth-order valence-corrected chi connectivity index (χ4v) is 3.93. The third kappa shape index (κ3) is 3.61. The number of carbonyl (C=O) groups is 1. The Hall–Kier alpha value is -2.83. The summed E-state index contributed by atoms with van der Waals surface area (Å²) in [6, 6.07) is 6.14. The van der Waals surface area contributed by atoms with E-state index in [-0.39, 0.29) is 18.0 Å². The van der Waals surface area contributed by atoms with Crippen molar-refractivity contribution in [2.24, 2.45) is 0 Å². The molecule has 0 spiro atoms. The van der Waals surface area contributed by atoms with Gasteiger partial charge in [0, 0.05) is 22.9 Å². The Labute approximate surface area is 163 Å². The second kappa shape index (κ2) is 7.66. The van der Waals surface area contributed by atoms with Crippen LogP contribution in [0.2, 0.25) is 0 Å². The molecule has 0 saturated heterocycles. The molecule has 0 bridgehead atoms. The lowest BCUT2D eigenvalue weighted by Crippen LogP contribution is -2.18. The highest BCUT2D eigenvalue weighted by atomic mass is 19.1. The third-order valence-electron chi connectivity index (χ3n) is 5.52. The van der Waals surface area contributed by atoms with Gasteiger partial charge in [0.2, 0.25) is 5.91 Å². The van der Waals surface area contributed by atoms with E-state index >= 15 is 0 Å². The number of benzene rings is 1. The molecule has 4 rings (SSSR count). The first-order valence-corrected chi connectivity index (χ1v) is 9.80. The van der Waals surface area contributed by atoms with Crippen molar-refractivity contribution in [3.63, 3.8) is 0 Å². The molecule has 0 unspecified atom stereocenters. The summed E-state index contributed by atoms with van der Waals surface area (Å²) in [5, 5.41) is 7.33. The first kappa shape index (κ1) is 18.5. The molecule has 28 heavy (non-hydrogen) atoms. The largest absolute Gasteiger partial charge is 0.323 e. The zero-order valence-electron chi connectivity index (χ0n) is 16.2. The SMILES string of the molecule is Cc1nc2nc(C3CCCCC3)nn2c(C)c1CC(=O)Nc1ccccc1F. The highest BCUT2D eigenvalue weighted by Gasteiger charge is 2.22. The van der Waals surface area contributed by atoms with Gasteiger partial charge in [-0.25, -0.2) is 13.9 Å². The number of anilines is 1. The number of rotatable bonds is 4. The van der Waals surface area contributed by atoms with Gasteiger partial charge < -0.3 is 5.32 Å². The zero-order chi connectivity index (χ0) is 19.7. The minimum atomic E-state index is -0.453. The van der Waals surface area contributed by atoms with Gasteiger partial charge in [0.05, 0.1) is 12.1 Å². The molecule has 1 amide bonds. The molecule has 1 aliphatic rings. The summed E-state index contributed by atoms with van der Waals surface area (Å²) >= 11 is 0. The smallest absolute Gasteiger partial charge is 0.252 e. The average Bonchev–Trinajstić information content (AvgIpc) is 3.12. The molecule has 2 heterocycles. The minimum absolute atomic E-state index is 0.105. The molecule has 6 nitrogen and oxygen atoms in total. The number of hydrogen-bond acceptors (Lipinski definition) is 4. The lowest BCUT2D eigenvalue weighted by molar-refractivity contribution is -0.115. The Bertz CT molecular complexity index is 1020. The van der Waals surface area contributed by atoms with E-state index < -0.39 is 5.82 Å². The highest BCUT2D eigenvalue weighted by Crippen LogP contribution is 2.31. The van der Waals surface area contributed by atoms with Crippen LogP contribution in [0.3, 0.4) is 0 Å². The summed E-state index contributed by atoms with van der Waals surface area (Å²) in [5.41, 5.74) is 2.57. The highest BCUT2D eigenvalue weighted by molar-refractivity contribution is 5.92. The van der Waals surface area contributed by atoms with Crippen molar-refractivity contribution in [1.29, 1.82) is 0 Å². The predicted molar refractivity (Wildman–Crippen MR) is 105 cm³/mol. The molecule has 146 valence electrons. The Kier molecular flexibility index (Phi) is 5.07. The van der Waals surface area contributed by atoms with Crippen molar-refractivity contribution in [3.05, 3.63) is 52.9 Å². The molecule has 1 fully saturated rings. The first-order chi connectivity index (χ1) is 13.5. The molecular formula is C21H24FN5O. The number of nitrogens with zero attached hydrogens (tertiary/aromatic N) is 4. The number of amides is 1. The summed E-state index contributed by atoms with van der Waals surface area (Å²) < 4.78 is 15.5. The maximum Gasteiger partial charge on any atom is 0.252 e. The Morgan fingerprint density at radius 2 is 1.93 bits per heavy atom. The van der Waals surface area contributed by atoms with Crippen molar-refractivity contribution >= 4 is 17.4 Å². The predicted octanol–water partition coefficient (Wildman–Crippen LogP) is 4.11. The van der Waals surface area contributed by atoms with Gasteiger partial charge in [-0.05, 0) is 38.8 Å². The molecule has 2 aromatic heterocycles. The van der Waals surface area contributed by atoms with Crippen LogP contribution in [0.5, 0.6) is 0 Å². The van der Waals surface area contributed by atoms with E-state index in [4.69, 9.17) is 5.10 Å². The van der Waals surface area contributed by atoms with E-state index in [1.54, 1.807) is 22.7 Å². The second-order valence-electron chi connectivity index (χ2n) is 7.48. The van der Waals surface area contributed by atoms with Gasteiger partial charge in [-0.1, -0.05) is 31.4 Å². The molecule has 1 aromatic carbocycles. The van der Waals surface area contributed by atoms with Crippen molar-refractivity contribution < 1.29 is 9.18 Å². The Morgan fingerprint density at radius 3 is 2.68 bits per heavy atom. The number of aryl methyl sites for hydroxylation is 2. The zero-order valence-corrected chi connectivity index (χ0v) is 16.2. The van der Waals surface area contributed by atoms with E-state index in [0.717, 1.165) is 35.6 Å². The lowest BCUT2D eigenvalue weighted by Gasteiger charge is -2.17. The number of carbonyl (C=O) groups excluding carboxylic acids is 1. The topological polar surface area (TPSA) is 72.2 Å². The van der Waals surface area contributed by atoms with Crippen LogP contribution in [0.15, 0.2) is 24.3 Å². The summed E-state index contributed by atoms with van der Waals surface area (Å²) in [6.45, 7) is 3.79. The number of fused-ring (bicyclic) bond motifs is 1. The van der Waals surface area contributed by atoms with Crippen LogP contribution in [0.25, 0.3) is 5.78 Å². The fraction of sp³-hybridized carbons (Fsp3) is 0.429. The van der Waals surface area contributed by atoms with Crippen LogP contribution in [-0.4, -0.2) is 25.5 Å². The van der Waals surface area contributed by atoms with E-state index in [1.165, 1.54) is 25.3 Å². The van der Waals surface area contributed by atoms with Gasteiger partial charge >= 0.3 is 0 Å². The van der Waals surface area contributed by atoms with Gasteiger partial charge in [0.25, 0.3) is 5.78 Å². The van der Waals surface area contributed by atoms with E-state index in [9.17, 15) is 9.18 Å². The molecule has 3 aromatic rings. The summed E-state index contributed by atoms with van der Waals surface area (Å²) in [7, 11) is 0. The van der Waals surface area contributed by atoms with Crippen molar-refractivity contribution in [1.82, 2.24) is 19.6 Å². The average molecular weight is 381 g/mol. The molecule has 1 aliphatic carbocycles. The summed E-state index contributed by atoms with van der Waals surface area (Å²) in [4.78, 5) is 21.7. The number of para-hydroxylation sites is 1. The molecule has 1 N–H and O–H groups in total. The van der Waals surface area contributed by atoms with Gasteiger partial charge in [-0.3, -0.25) is 4.79 Å². The van der Waals surface area contributed by atoms with Crippen LogP contribution in [0.4, 0.5) is 10.1 Å². The Balaban J connectivity index is 1.60. The second-order valence-corrected chi connectivity index (χ2v) is 7.48. The fourth-order valence-electron chi connectivity index (χ4n) is 3.93. The van der Waals surface area contributed by atoms with Crippen LogP contribution in [0, 0.1) is 19.7 Å². The monoisotopic (exact) mass is 381 g/mol. The number of nitrogens with one attached hydrogen (secondary N) is 1. The summed E-state index contributed by atoms with van der Waals surface area (Å²) in [6.07, 6.45) is 6.05. The van der Waals surface area contributed by atoms with E-state index in [2.05, 4.69) is 15.3 Å². The Morgan fingerprint density at radius 1 is 1.18 bits per heavy atom. The maximum atomic E-state index is 13.8. The van der Waals surface area contributed by atoms with Gasteiger partial charge in [0.1, 0.15) is 5.82 Å². The number of hydrogen-bond donors (Lipinski definition) is 1. The lowest BCUT2D eigenvalue weighted by atomic mass is 9.89. The van der Waals surface area contributed by atoms with E-state index in [1.807, 2.05) is 13.8 Å². The van der Waals surface area contributed by atoms with Crippen molar-refractivity contribution in [2.75, 3.05) is 5.32 Å². The van der Waals surface area contributed by atoms with Crippen LogP contribution in [0.1, 0.15) is 60.8 Å². The summed E-state index contributed by atoms with van der Waals surface area (Å²) in [5.74, 6) is 1.08. The minimum Gasteiger partial charge on any atom is -0.323 e. The molecule has 0 radical (unpaired) electrons. The van der Waals surface area contributed by atoms with Crippen LogP contribution < -0.4 is 5.32 Å². The third-order valence-corrected chi connectivity index (χ3v) is 5.52. The van der Waals surface area contributed by atoms with Gasteiger partial charge in [-0.2, -0.15) is 4.98 Å². The molecule has 0 aliphatic heterocycles. The van der Waals surface area contributed by atoms with E-state index in [0.29, 0.717) is 11.7 Å². The maximum absolute atomic E-state index is 13.8. The van der Waals surface area contributed by atoms with Crippen LogP contribution in [-0.2, 0) is 11.2 Å².